The van der Waals surface area contributed by atoms with Gasteiger partial charge in [-0.3, -0.25) is 14.8 Å². The minimum absolute atomic E-state index is 0.141. The van der Waals surface area contributed by atoms with E-state index in [0.29, 0.717) is 18.3 Å². The number of carbonyl (C=O) groups is 1. The van der Waals surface area contributed by atoms with E-state index in [1.807, 2.05) is 18.5 Å². The number of piperidine rings is 1. The summed E-state index contributed by atoms with van der Waals surface area (Å²) in [5.41, 5.74) is 3.41. The van der Waals surface area contributed by atoms with E-state index in [9.17, 15) is 4.79 Å². The van der Waals surface area contributed by atoms with Crippen LogP contribution in [0.4, 0.5) is 0 Å². The molecular formula is C21H27N3O2. The Kier molecular flexibility index (Phi) is 5.99. The Morgan fingerprint density at radius 2 is 2.23 bits per heavy atom. The van der Waals surface area contributed by atoms with E-state index in [0.717, 1.165) is 37.1 Å². The van der Waals surface area contributed by atoms with Crippen molar-refractivity contribution in [3.05, 3.63) is 41.6 Å². The molecule has 2 aromatic rings. The highest BCUT2D eigenvalue weighted by Crippen LogP contribution is 2.34. The van der Waals surface area contributed by atoms with Gasteiger partial charge in [-0.15, -0.1) is 0 Å². The molecule has 2 unspecified atom stereocenters. The molecule has 0 spiro atoms. The van der Waals surface area contributed by atoms with E-state index < -0.39 is 0 Å². The minimum atomic E-state index is -0.141. The molecule has 1 aromatic carbocycles. The van der Waals surface area contributed by atoms with Crippen LogP contribution in [0.3, 0.4) is 0 Å². The van der Waals surface area contributed by atoms with Crippen molar-refractivity contribution in [1.82, 2.24) is 9.88 Å². The normalized spacial score (nSPS) is 21.3. The maximum absolute atomic E-state index is 11.5. The fourth-order valence-corrected chi connectivity index (χ4v) is 4.04. The summed E-state index contributed by atoms with van der Waals surface area (Å²) in [5, 5.41) is 1.21. The molecule has 1 saturated heterocycles. The fourth-order valence-electron chi connectivity index (χ4n) is 4.04. The zero-order chi connectivity index (χ0) is 18.5. The Morgan fingerprint density at radius 1 is 1.38 bits per heavy atom. The van der Waals surface area contributed by atoms with Gasteiger partial charge in [-0.05, 0) is 29.9 Å². The van der Waals surface area contributed by atoms with Gasteiger partial charge in [0.25, 0.3) is 0 Å². The molecule has 1 aromatic heterocycles. The van der Waals surface area contributed by atoms with Crippen molar-refractivity contribution in [3.63, 3.8) is 0 Å². The van der Waals surface area contributed by atoms with Crippen molar-refractivity contribution in [2.75, 3.05) is 33.8 Å². The highest BCUT2D eigenvalue weighted by molar-refractivity contribution is 5.98. The number of aliphatic imine (C=N–C) groups is 1. The molecule has 2 heterocycles. The van der Waals surface area contributed by atoms with Crippen molar-refractivity contribution in [3.8, 4) is 0 Å². The highest BCUT2D eigenvalue weighted by atomic mass is 16.5. The van der Waals surface area contributed by atoms with Crippen LogP contribution in [0.1, 0.15) is 36.8 Å². The molecule has 0 saturated carbocycles. The third-order valence-corrected chi connectivity index (χ3v) is 5.14. The SMILES string of the molecule is C/N=C\c1ccc(C2CC(C)CN(CCC(=O)OC)C2)c2cccnc12. The number of pyridine rings is 1. The average molecular weight is 353 g/mol. The maximum Gasteiger partial charge on any atom is 0.306 e. The number of nitrogens with zero attached hydrogens (tertiary/aromatic N) is 3. The fraction of sp³-hybridized carbons (Fsp3) is 0.476. The highest BCUT2D eigenvalue weighted by Gasteiger charge is 2.27. The molecule has 0 radical (unpaired) electrons. The molecule has 138 valence electrons. The van der Waals surface area contributed by atoms with Crippen LogP contribution in [0, 0.1) is 5.92 Å². The molecule has 1 aliphatic heterocycles. The van der Waals surface area contributed by atoms with Gasteiger partial charge in [0.1, 0.15) is 0 Å². The first-order chi connectivity index (χ1) is 12.6. The second-order valence-corrected chi connectivity index (χ2v) is 7.15. The van der Waals surface area contributed by atoms with Crippen LogP contribution in [0.5, 0.6) is 0 Å². The van der Waals surface area contributed by atoms with Crippen LogP contribution < -0.4 is 0 Å². The summed E-state index contributed by atoms with van der Waals surface area (Å²) in [6.07, 6.45) is 5.31. The standard InChI is InChI=1S/C21H27N3O2/c1-15-11-17(14-24(13-15)10-8-20(25)26-3)18-7-6-16(12-22-2)21-19(18)5-4-9-23-21/h4-7,9,12,15,17H,8,10-11,13-14H2,1-3H3/b22-12-. The van der Waals surface area contributed by atoms with Crippen LogP contribution in [-0.4, -0.2) is 55.9 Å². The molecule has 0 N–H and O–H groups in total. The molecular weight excluding hydrogens is 326 g/mol. The van der Waals surface area contributed by atoms with Crippen LogP contribution in [0.15, 0.2) is 35.5 Å². The van der Waals surface area contributed by atoms with Gasteiger partial charge in [0.2, 0.25) is 0 Å². The molecule has 5 nitrogen and oxygen atoms in total. The van der Waals surface area contributed by atoms with Crippen LogP contribution >= 0.6 is 0 Å². The van der Waals surface area contributed by atoms with Crippen LogP contribution in [0.2, 0.25) is 0 Å². The number of hydrogen-bond acceptors (Lipinski definition) is 5. The summed E-state index contributed by atoms with van der Waals surface area (Å²) in [6, 6.07) is 8.50. The van der Waals surface area contributed by atoms with E-state index in [2.05, 4.69) is 40.0 Å². The van der Waals surface area contributed by atoms with Gasteiger partial charge in [-0.25, -0.2) is 0 Å². The first-order valence-electron chi connectivity index (χ1n) is 9.21. The molecule has 3 rings (SSSR count). The van der Waals surface area contributed by atoms with Crippen molar-refractivity contribution >= 4 is 23.1 Å². The third kappa shape index (κ3) is 4.10. The molecule has 2 atom stereocenters. The molecule has 1 fully saturated rings. The Balaban J connectivity index is 1.88. The first-order valence-corrected chi connectivity index (χ1v) is 9.21. The Labute approximate surface area is 155 Å². The quantitative estimate of drug-likeness (QED) is 0.611. The summed E-state index contributed by atoms with van der Waals surface area (Å²) < 4.78 is 4.79. The number of benzene rings is 1. The van der Waals surface area contributed by atoms with Crippen LogP contribution in [0.25, 0.3) is 10.9 Å². The lowest BCUT2D eigenvalue weighted by Gasteiger charge is -2.37. The van der Waals surface area contributed by atoms with Crippen molar-refractivity contribution in [1.29, 1.82) is 0 Å². The smallest absolute Gasteiger partial charge is 0.306 e. The summed E-state index contributed by atoms with van der Waals surface area (Å²) >= 11 is 0. The monoisotopic (exact) mass is 353 g/mol. The van der Waals surface area contributed by atoms with Gasteiger partial charge in [0.15, 0.2) is 0 Å². The van der Waals surface area contributed by atoms with E-state index in [4.69, 9.17) is 4.74 Å². The zero-order valence-electron chi connectivity index (χ0n) is 15.8. The average Bonchev–Trinajstić information content (AvgIpc) is 2.66. The number of rotatable bonds is 5. The number of esters is 1. The van der Waals surface area contributed by atoms with Crippen molar-refractivity contribution < 1.29 is 9.53 Å². The van der Waals surface area contributed by atoms with Gasteiger partial charge >= 0.3 is 5.97 Å². The topological polar surface area (TPSA) is 54.8 Å². The van der Waals surface area contributed by atoms with Crippen LogP contribution in [-0.2, 0) is 9.53 Å². The summed E-state index contributed by atoms with van der Waals surface area (Å²) in [4.78, 5) is 22.6. The number of carbonyl (C=O) groups excluding carboxylic acids is 1. The largest absolute Gasteiger partial charge is 0.469 e. The molecule has 0 aliphatic carbocycles. The van der Waals surface area contributed by atoms with E-state index in [1.165, 1.54) is 18.1 Å². The number of likely N-dealkylation sites (tertiary alicyclic amines) is 1. The van der Waals surface area contributed by atoms with Gasteiger partial charge in [-0.1, -0.05) is 25.1 Å². The Bertz CT molecular complexity index is 803. The van der Waals surface area contributed by atoms with Gasteiger partial charge in [-0.2, -0.15) is 0 Å². The summed E-state index contributed by atoms with van der Waals surface area (Å²) in [6.45, 7) is 5.04. The lowest BCUT2D eigenvalue weighted by Crippen LogP contribution is -2.39. The summed E-state index contributed by atoms with van der Waals surface area (Å²) in [7, 11) is 3.23. The molecule has 5 heteroatoms. The first kappa shape index (κ1) is 18.5. The van der Waals surface area contributed by atoms with Gasteiger partial charge in [0, 0.05) is 50.0 Å². The second kappa shape index (κ2) is 8.41. The minimum Gasteiger partial charge on any atom is -0.469 e. The van der Waals surface area contributed by atoms with Crippen molar-refractivity contribution in [2.45, 2.75) is 25.7 Å². The lowest BCUT2D eigenvalue weighted by molar-refractivity contribution is -0.141. The Hall–Kier alpha value is -2.27. The number of fused-ring (bicyclic) bond motifs is 1. The van der Waals surface area contributed by atoms with Gasteiger partial charge < -0.3 is 9.64 Å². The molecule has 1 aliphatic rings. The number of hydrogen-bond donors (Lipinski definition) is 0. The number of methoxy groups -OCH3 is 1. The molecule has 26 heavy (non-hydrogen) atoms. The molecule has 0 bridgehead atoms. The van der Waals surface area contributed by atoms with Gasteiger partial charge in [0.05, 0.1) is 19.0 Å². The summed E-state index contributed by atoms with van der Waals surface area (Å²) in [5.74, 6) is 0.892. The molecule has 0 amide bonds. The second-order valence-electron chi connectivity index (χ2n) is 7.15. The number of ether oxygens (including phenoxy) is 1. The zero-order valence-corrected chi connectivity index (χ0v) is 15.8. The Morgan fingerprint density at radius 3 is 3.00 bits per heavy atom. The van der Waals surface area contributed by atoms with E-state index in [-0.39, 0.29) is 5.97 Å². The van der Waals surface area contributed by atoms with E-state index >= 15 is 0 Å². The predicted octanol–water partition coefficient (Wildman–Crippen LogP) is 3.27. The van der Waals surface area contributed by atoms with Crippen molar-refractivity contribution in [2.24, 2.45) is 10.9 Å². The number of aromatic nitrogens is 1. The maximum atomic E-state index is 11.5. The predicted molar refractivity (Wildman–Crippen MR) is 105 cm³/mol. The lowest BCUT2D eigenvalue weighted by atomic mass is 9.83. The van der Waals surface area contributed by atoms with E-state index in [1.54, 1.807) is 7.05 Å². The third-order valence-electron chi connectivity index (χ3n) is 5.14.